The summed E-state index contributed by atoms with van der Waals surface area (Å²) in [5, 5.41) is 10.2. The SMILES string of the molecule is COc1ccc(/C=C2\CC(NC(=O)c3ccccn3)C/C(=C\c3ccc(OC)c(OC)c3)C2=O)cc1OC.O=C(O)C(F)(F)F. The standard InChI is InChI=1S/C30H30N2O6.C2HF3O2/c1-35-25-10-8-19(15-27(25)37-3)13-21-17-23(32-30(34)24-7-5-6-12-31-24)18-22(29(21)33)14-20-9-11-26(36-2)28(16-20)38-4;3-2(4,5)1(6)7/h5-16,23H,17-18H2,1-4H3,(H,32,34);(H,6,7)/b21-13+,22-14+;. The average molecular weight is 629 g/mol. The Bertz CT molecular complexity index is 1510. The number of methoxy groups -OCH3 is 4. The molecule has 2 aromatic carbocycles. The molecule has 1 heterocycles. The average Bonchev–Trinajstić information content (AvgIpc) is 3.03. The van der Waals surface area contributed by atoms with E-state index in [0.717, 1.165) is 11.1 Å². The lowest BCUT2D eigenvalue weighted by atomic mass is 9.83. The Labute approximate surface area is 257 Å². The van der Waals surface area contributed by atoms with Crippen molar-refractivity contribution in [3.05, 3.63) is 88.8 Å². The summed E-state index contributed by atoms with van der Waals surface area (Å²) in [5.74, 6) is -0.818. The minimum atomic E-state index is -5.08. The van der Waals surface area contributed by atoms with E-state index < -0.39 is 12.1 Å². The number of aliphatic carboxylic acids is 1. The van der Waals surface area contributed by atoms with Crippen LogP contribution in [0.15, 0.2) is 71.9 Å². The van der Waals surface area contributed by atoms with Crippen molar-refractivity contribution in [3.8, 4) is 23.0 Å². The van der Waals surface area contributed by atoms with E-state index >= 15 is 0 Å². The summed E-state index contributed by atoms with van der Waals surface area (Å²) >= 11 is 0. The molecule has 10 nitrogen and oxygen atoms in total. The third-order valence-corrected chi connectivity index (χ3v) is 6.49. The molecule has 0 atom stereocenters. The molecule has 0 saturated heterocycles. The first-order valence-corrected chi connectivity index (χ1v) is 13.3. The molecule has 1 amide bonds. The number of rotatable bonds is 8. The number of aromatic nitrogens is 1. The third-order valence-electron chi connectivity index (χ3n) is 6.49. The van der Waals surface area contributed by atoms with Crippen LogP contribution in [-0.4, -0.2) is 68.4 Å². The van der Waals surface area contributed by atoms with E-state index in [1.54, 1.807) is 65.0 Å². The molecule has 0 aliphatic heterocycles. The molecule has 0 bridgehead atoms. The van der Waals surface area contributed by atoms with Crippen LogP contribution in [0.2, 0.25) is 0 Å². The minimum Gasteiger partial charge on any atom is -0.493 e. The number of Topliss-reactive ketones (excluding diaryl/α,β-unsaturated/α-hetero) is 1. The number of benzene rings is 2. The molecular formula is C32H31F3N2O8. The zero-order valence-corrected chi connectivity index (χ0v) is 24.8. The Kier molecular flexibility index (Phi) is 11.7. The van der Waals surface area contributed by atoms with Crippen LogP contribution in [0.4, 0.5) is 13.2 Å². The van der Waals surface area contributed by atoms with E-state index in [-0.39, 0.29) is 17.7 Å². The molecule has 1 aliphatic rings. The lowest BCUT2D eigenvalue weighted by Crippen LogP contribution is -2.39. The van der Waals surface area contributed by atoms with Gasteiger partial charge in [0.1, 0.15) is 5.69 Å². The smallest absolute Gasteiger partial charge is 0.490 e. The Morgan fingerprint density at radius 1 is 0.822 bits per heavy atom. The van der Waals surface area contributed by atoms with Gasteiger partial charge in [0.05, 0.1) is 28.4 Å². The number of carbonyl (C=O) groups excluding carboxylic acids is 2. The van der Waals surface area contributed by atoms with Gasteiger partial charge >= 0.3 is 12.1 Å². The second kappa shape index (κ2) is 15.4. The summed E-state index contributed by atoms with van der Waals surface area (Å²) in [4.78, 5) is 39.5. The number of alkyl halides is 3. The minimum absolute atomic E-state index is 0.0853. The van der Waals surface area contributed by atoms with Crippen LogP contribution >= 0.6 is 0 Å². The molecule has 238 valence electrons. The maximum absolute atomic E-state index is 13.6. The number of ketones is 1. The van der Waals surface area contributed by atoms with Crippen LogP contribution in [0.25, 0.3) is 12.2 Å². The van der Waals surface area contributed by atoms with Gasteiger partial charge < -0.3 is 29.4 Å². The Hall–Kier alpha value is -5.33. The van der Waals surface area contributed by atoms with Crippen molar-refractivity contribution in [1.29, 1.82) is 0 Å². The van der Waals surface area contributed by atoms with Crippen molar-refractivity contribution >= 4 is 29.8 Å². The highest BCUT2D eigenvalue weighted by molar-refractivity contribution is 6.14. The molecule has 3 aromatic rings. The first-order valence-electron chi connectivity index (χ1n) is 13.3. The molecule has 4 rings (SSSR count). The van der Waals surface area contributed by atoms with Gasteiger partial charge in [-0.1, -0.05) is 18.2 Å². The number of pyridine rings is 1. The van der Waals surface area contributed by atoms with Crippen molar-refractivity contribution in [2.75, 3.05) is 28.4 Å². The van der Waals surface area contributed by atoms with Crippen LogP contribution in [0.5, 0.6) is 23.0 Å². The van der Waals surface area contributed by atoms with E-state index in [0.29, 0.717) is 52.7 Å². The van der Waals surface area contributed by atoms with E-state index in [1.165, 1.54) is 0 Å². The number of nitrogens with one attached hydrogen (secondary N) is 1. The number of amides is 1. The van der Waals surface area contributed by atoms with Gasteiger partial charge in [-0.3, -0.25) is 14.6 Å². The van der Waals surface area contributed by atoms with E-state index in [2.05, 4.69) is 10.3 Å². The molecule has 13 heteroatoms. The summed E-state index contributed by atoms with van der Waals surface area (Å²) in [7, 11) is 6.27. The number of carboxylic acids is 1. The van der Waals surface area contributed by atoms with Gasteiger partial charge in [-0.05, 0) is 72.5 Å². The van der Waals surface area contributed by atoms with Gasteiger partial charge in [0.25, 0.3) is 5.91 Å². The molecule has 2 N–H and O–H groups in total. The first kappa shape index (κ1) is 34.2. The molecule has 1 aliphatic carbocycles. The zero-order chi connectivity index (χ0) is 33.1. The number of hydrogen-bond acceptors (Lipinski definition) is 8. The number of carbonyl (C=O) groups is 3. The molecule has 0 spiro atoms. The molecular weight excluding hydrogens is 597 g/mol. The van der Waals surface area contributed by atoms with E-state index in [1.807, 2.05) is 36.4 Å². The number of hydrogen-bond donors (Lipinski definition) is 2. The molecule has 0 unspecified atom stereocenters. The van der Waals surface area contributed by atoms with E-state index in [4.69, 9.17) is 28.8 Å². The predicted molar refractivity (Wildman–Crippen MR) is 158 cm³/mol. The number of ether oxygens (including phenoxy) is 4. The van der Waals surface area contributed by atoms with Crippen molar-refractivity contribution in [2.24, 2.45) is 0 Å². The van der Waals surface area contributed by atoms with Gasteiger partial charge in [0.15, 0.2) is 28.8 Å². The predicted octanol–water partition coefficient (Wildman–Crippen LogP) is 5.38. The van der Waals surface area contributed by atoms with Crippen LogP contribution in [0.1, 0.15) is 34.5 Å². The number of halogens is 3. The Balaban J connectivity index is 0.000000707. The lowest BCUT2D eigenvalue weighted by molar-refractivity contribution is -0.192. The molecule has 1 fully saturated rings. The van der Waals surface area contributed by atoms with Crippen LogP contribution < -0.4 is 24.3 Å². The van der Waals surface area contributed by atoms with Crippen molar-refractivity contribution < 1.29 is 51.6 Å². The summed E-state index contributed by atoms with van der Waals surface area (Å²) in [6, 6.07) is 15.8. The van der Waals surface area contributed by atoms with Gasteiger partial charge in [-0.2, -0.15) is 13.2 Å². The maximum atomic E-state index is 13.6. The van der Waals surface area contributed by atoms with Gasteiger partial charge in [-0.25, -0.2) is 4.79 Å². The van der Waals surface area contributed by atoms with Gasteiger partial charge in [0, 0.05) is 23.4 Å². The first-order chi connectivity index (χ1) is 21.4. The lowest BCUT2D eigenvalue weighted by Gasteiger charge is -2.27. The van der Waals surface area contributed by atoms with Crippen LogP contribution in [0.3, 0.4) is 0 Å². The summed E-state index contributed by atoms with van der Waals surface area (Å²) in [5.41, 5.74) is 3.03. The van der Waals surface area contributed by atoms with Crippen LogP contribution in [0, 0.1) is 0 Å². The third kappa shape index (κ3) is 9.33. The second-order valence-electron chi connectivity index (χ2n) is 9.49. The monoisotopic (exact) mass is 628 g/mol. The topological polar surface area (TPSA) is 133 Å². The molecule has 0 radical (unpaired) electrons. The highest BCUT2D eigenvalue weighted by atomic mass is 19.4. The Morgan fingerprint density at radius 3 is 1.67 bits per heavy atom. The quantitative estimate of drug-likeness (QED) is 0.316. The fraction of sp³-hybridized carbons (Fsp3) is 0.250. The van der Waals surface area contributed by atoms with E-state index in [9.17, 15) is 22.8 Å². The molecule has 1 saturated carbocycles. The largest absolute Gasteiger partial charge is 0.493 e. The van der Waals surface area contributed by atoms with Crippen LogP contribution in [-0.2, 0) is 9.59 Å². The zero-order valence-electron chi connectivity index (χ0n) is 24.8. The molecule has 45 heavy (non-hydrogen) atoms. The van der Waals surface area contributed by atoms with Crippen molar-refractivity contribution in [1.82, 2.24) is 10.3 Å². The Morgan fingerprint density at radius 2 is 1.29 bits per heavy atom. The number of nitrogens with zero attached hydrogens (tertiary/aromatic N) is 1. The van der Waals surface area contributed by atoms with Crippen molar-refractivity contribution in [2.45, 2.75) is 25.1 Å². The fourth-order valence-corrected chi connectivity index (χ4v) is 4.39. The highest BCUT2D eigenvalue weighted by Gasteiger charge is 2.38. The summed E-state index contributed by atoms with van der Waals surface area (Å²) in [6.07, 6.45) is 0.881. The fourth-order valence-electron chi connectivity index (χ4n) is 4.39. The van der Waals surface area contributed by atoms with Crippen molar-refractivity contribution in [3.63, 3.8) is 0 Å². The summed E-state index contributed by atoms with van der Waals surface area (Å²) in [6.45, 7) is 0. The highest BCUT2D eigenvalue weighted by Crippen LogP contribution is 2.33. The van der Waals surface area contributed by atoms with Gasteiger partial charge in [0.2, 0.25) is 0 Å². The number of carboxylic acid groups (broad SMARTS) is 1. The normalized spacial score (nSPS) is 16.3. The maximum Gasteiger partial charge on any atom is 0.490 e. The summed E-state index contributed by atoms with van der Waals surface area (Å²) < 4.78 is 53.2. The van der Waals surface area contributed by atoms with Gasteiger partial charge in [-0.15, -0.1) is 0 Å². The molecule has 1 aromatic heterocycles. The second-order valence-corrected chi connectivity index (χ2v) is 9.49.